The van der Waals surface area contributed by atoms with Gasteiger partial charge >= 0.3 is 0 Å². The minimum Gasteiger partial charge on any atom is -0.366 e. The lowest BCUT2D eigenvalue weighted by Crippen LogP contribution is -2.53. The first kappa shape index (κ1) is 11.4. The van der Waals surface area contributed by atoms with Crippen molar-refractivity contribution in [2.24, 2.45) is 11.7 Å². The van der Waals surface area contributed by atoms with Crippen LogP contribution in [0.4, 0.5) is 0 Å². The van der Waals surface area contributed by atoms with Crippen LogP contribution in [-0.4, -0.2) is 16.7 Å². The Morgan fingerprint density at radius 2 is 2.32 bits per heavy atom. The van der Waals surface area contributed by atoms with Gasteiger partial charge in [-0.15, -0.1) is 0 Å². The Kier molecular flexibility index (Phi) is 1.92. The van der Waals surface area contributed by atoms with Gasteiger partial charge in [-0.3, -0.25) is 4.79 Å². The highest BCUT2D eigenvalue weighted by Crippen LogP contribution is 2.61. The van der Waals surface area contributed by atoms with Gasteiger partial charge in [0.2, 0.25) is 5.56 Å². The molecule has 0 amide bonds. The van der Waals surface area contributed by atoms with Gasteiger partial charge in [0, 0.05) is 24.1 Å². The number of nitrogens with one attached hydrogen (secondary N) is 1. The number of nitrogens with two attached hydrogens (primary N) is 1. The van der Waals surface area contributed by atoms with E-state index in [1.54, 1.807) is 6.07 Å². The van der Waals surface area contributed by atoms with Crippen molar-refractivity contribution in [3.63, 3.8) is 0 Å². The van der Waals surface area contributed by atoms with Crippen LogP contribution in [0, 0.1) is 5.92 Å². The number of hydrogen-bond acceptors (Lipinski definition) is 3. The van der Waals surface area contributed by atoms with Gasteiger partial charge in [0.25, 0.3) is 0 Å². The summed E-state index contributed by atoms with van der Waals surface area (Å²) in [4.78, 5) is 14.5. The van der Waals surface area contributed by atoms with Gasteiger partial charge in [0.15, 0.2) is 0 Å². The summed E-state index contributed by atoms with van der Waals surface area (Å²) in [5, 5.41) is 0. The van der Waals surface area contributed by atoms with Crippen LogP contribution in [0.25, 0.3) is 0 Å². The first-order chi connectivity index (χ1) is 8.98. The fourth-order valence-electron chi connectivity index (χ4n) is 4.31. The zero-order valence-electron chi connectivity index (χ0n) is 11.2. The molecule has 0 unspecified atom stereocenters. The molecule has 0 radical (unpaired) electrons. The molecule has 0 spiro atoms. The summed E-state index contributed by atoms with van der Waals surface area (Å²) in [6.45, 7) is 4.20. The zero-order valence-corrected chi connectivity index (χ0v) is 11.2. The summed E-state index contributed by atoms with van der Waals surface area (Å²) in [5.74, 6) is 0.305. The molecule has 2 aliphatic carbocycles. The van der Waals surface area contributed by atoms with Crippen molar-refractivity contribution in [2.75, 3.05) is 0 Å². The summed E-state index contributed by atoms with van der Waals surface area (Å²) in [6.07, 6.45) is 4.01. The monoisotopic (exact) mass is 258 g/mol. The molecule has 2 heterocycles. The van der Waals surface area contributed by atoms with E-state index in [0.29, 0.717) is 5.92 Å². The van der Waals surface area contributed by atoms with Crippen molar-refractivity contribution in [2.45, 2.75) is 43.9 Å². The molecular formula is C15H18N2O2. The molecule has 4 nitrogen and oxygen atoms in total. The number of aromatic nitrogens is 1. The lowest BCUT2D eigenvalue weighted by Gasteiger charge is -2.46. The summed E-state index contributed by atoms with van der Waals surface area (Å²) >= 11 is 0. The van der Waals surface area contributed by atoms with E-state index in [0.717, 1.165) is 24.1 Å². The van der Waals surface area contributed by atoms with E-state index >= 15 is 0 Å². The van der Waals surface area contributed by atoms with Crippen LogP contribution in [0.1, 0.15) is 31.5 Å². The van der Waals surface area contributed by atoms with Gasteiger partial charge in [0.1, 0.15) is 0 Å². The van der Waals surface area contributed by atoms with Gasteiger partial charge < -0.3 is 15.5 Å². The number of ether oxygens (including phenoxy) is 1. The molecule has 4 rings (SSSR count). The standard InChI is InChI=1S/C15H18N2O2/c1-3-9-8-6-11-10(4-5-12(18)17-11)15(9,16)7-14(2)13(8)19-14/h3-5,8,13H,6-7,16H2,1-2H3,(H,17,18)/b9-3-/t8-,13+,14-,15+/m0/s1. The average Bonchev–Trinajstić information content (AvgIpc) is 2.99. The molecule has 4 heteroatoms. The van der Waals surface area contributed by atoms with Gasteiger partial charge in [-0.25, -0.2) is 0 Å². The second-order valence-corrected chi connectivity index (χ2v) is 6.27. The number of H-pyrrole nitrogens is 1. The lowest BCUT2D eigenvalue weighted by molar-refractivity contribution is 0.265. The molecule has 1 aliphatic heterocycles. The van der Waals surface area contributed by atoms with Gasteiger partial charge in [-0.1, -0.05) is 6.08 Å². The number of aromatic amines is 1. The molecule has 4 atom stereocenters. The maximum atomic E-state index is 11.5. The van der Waals surface area contributed by atoms with Crippen molar-refractivity contribution >= 4 is 0 Å². The molecule has 2 fully saturated rings. The number of epoxide rings is 1. The van der Waals surface area contributed by atoms with E-state index in [9.17, 15) is 4.79 Å². The molecule has 100 valence electrons. The van der Waals surface area contributed by atoms with Crippen LogP contribution in [0.3, 0.4) is 0 Å². The summed E-state index contributed by atoms with van der Waals surface area (Å²) in [7, 11) is 0. The third-order valence-corrected chi connectivity index (χ3v) is 5.07. The Morgan fingerprint density at radius 1 is 1.53 bits per heavy atom. The van der Waals surface area contributed by atoms with Crippen LogP contribution in [-0.2, 0) is 16.7 Å². The third-order valence-electron chi connectivity index (χ3n) is 5.07. The van der Waals surface area contributed by atoms with Gasteiger partial charge in [-0.2, -0.15) is 0 Å². The Balaban J connectivity index is 1.98. The van der Waals surface area contributed by atoms with Crippen LogP contribution >= 0.6 is 0 Å². The maximum absolute atomic E-state index is 11.5. The highest BCUT2D eigenvalue weighted by Gasteiger charge is 2.67. The maximum Gasteiger partial charge on any atom is 0.248 e. The quantitative estimate of drug-likeness (QED) is 0.542. The van der Waals surface area contributed by atoms with E-state index in [4.69, 9.17) is 10.5 Å². The molecule has 19 heavy (non-hydrogen) atoms. The molecule has 1 aromatic heterocycles. The number of allylic oxidation sites excluding steroid dienone is 1. The molecule has 3 N–H and O–H groups in total. The molecule has 2 bridgehead atoms. The van der Waals surface area contributed by atoms with Crippen LogP contribution in [0.2, 0.25) is 0 Å². The normalized spacial score (nSPS) is 44.7. The summed E-state index contributed by atoms with van der Waals surface area (Å²) in [5.41, 5.74) is 9.45. The number of fused-ring (bicyclic) bond motifs is 6. The van der Waals surface area contributed by atoms with Crippen LogP contribution < -0.4 is 11.3 Å². The van der Waals surface area contributed by atoms with Crippen LogP contribution in [0.5, 0.6) is 0 Å². The fourth-order valence-corrected chi connectivity index (χ4v) is 4.31. The number of rotatable bonds is 0. The molecule has 1 saturated heterocycles. The Morgan fingerprint density at radius 3 is 3.05 bits per heavy atom. The largest absolute Gasteiger partial charge is 0.366 e. The zero-order chi connectivity index (χ0) is 13.4. The van der Waals surface area contributed by atoms with E-state index in [-0.39, 0.29) is 17.3 Å². The lowest BCUT2D eigenvalue weighted by atomic mass is 9.60. The van der Waals surface area contributed by atoms with Crippen molar-refractivity contribution in [1.82, 2.24) is 4.98 Å². The molecule has 1 aromatic rings. The van der Waals surface area contributed by atoms with Crippen molar-refractivity contribution < 1.29 is 4.74 Å². The summed E-state index contributed by atoms with van der Waals surface area (Å²) < 4.78 is 5.93. The highest BCUT2D eigenvalue weighted by atomic mass is 16.6. The van der Waals surface area contributed by atoms with Crippen molar-refractivity contribution in [3.8, 4) is 0 Å². The molecule has 3 aliphatic rings. The van der Waals surface area contributed by atoms with Gasteiger partial charge in [-0.05, 0) is 37.5 Å². The predicted octanol–water partition coefficient (Wildman–Crippen LogP) is 1.21. The van der Waals surface area contributed by atoms with Gasteiger partial charge in [0.05, 0.1) is 17.2 Å². The SMILES string of the molecule is C/C=C1/[C@@H]2Cc3[nH]c(=O)ccc3[C@@]1(N)C[C@]1(C)O[C@H]21. The summed E-state index contributed by atoms with van der Waals surface area (Å²) in [6, 6.07) is 3.46. The average molecular weight is 258 g/mol. The van der Waals surface area contributed by atoms with E-state index in [1.807, 2.05) is 13.0 Å². The first-order valence-electron chi connectivity index (χ1n) is 6.84. The minimum absolute atomic E-state index is 0.0520. The number of pyridine rings is 1. The molecule has 1 saturated carbocycles. The van der Waals surface area contributed by atoms with Crippen molar-refractivity contribution in [1.29, 1.82) is 0 Å². The van der Waals surface area contributed by atoms with Crippen LogP contribution in [0.15, 0.2) is 28.6 Å². The van der Waals surface area contributed by atoms with E-state index < -0.39 is 5.54 Å². The second-order valence-electron chi connectivity index (χ2n) is 6.27. The highest BCUT2D eigenvalue weighted by molar-refractivity contribution is 5.48. The van der Waals surface area contributed by atoms with E-state index in [1.165, 1.54) is 5.57 Å². The fraction of sp³-hybridized carbons (Fsp3) is 0.533. The van der Waals surface area contributed by atoms with Crippen molar-refractivity contribution in [3.05, 3.63) is 45.4 Å². The Hall–Kier alpha value is -1.39. The first-order valence-corrected chi connectivity index (χ1v) is 6.84. The topological polar surface area (TPSA) is 71.4 Å². The molecular weight excluding hydrogens is 240 g/mol. The second kappa shape index (κ2) is 3.19. The Labute approximate surface area is 111 Å². The third kappa shape index (κ3) is 1.28. The van der Waals surface area contributed by atoms with E-state index in [2.05, 4.69) is 18.0 Å². The smallest absolute Gasteiger partial charge is 0.248 e. The molecule has 0 aromatic carbocycles. The predicted molar refractivity (Wildman–Crippen MR) is 71.8 cm³/mol. The Bertz CT molecular complexity index is 662. The minimum atomic E-state index is -0.487. The number of hydrogen-bond donors (Lipinski definition) is 2.